The first kappa shape index (κ1) is 8.58. The number of benzene rings is 2. The van der Waals surface area contributed by atoms with Crippen LogP contribution in [0.4, 0.5) is 0 Å². The predicted molar refractivity (Wildman–Crippen MR) is 55.1 cm³/mol. The van der Waals surface area contributed by atoms with Gasteiger partial charge in [-0.15, -0.1) is 0 Å². The Bertz CT molecular complexity index is 538. The van der Waals surface area contributed by atoms with E-state index < -0.39 is 0 Å². The van der Waals surface area contributed by atoms with Crippen LogP contribution in [-0.4, -0.2) is 5.11 Å². The van der Waals surface area contributed by atoms with Crippen molar-refractivity contribution in [3.63, 3.8) is 0 Å². The van der Waals surface area contributed by atoms with Crippen LogP contribution in [0.25, 0.3) is 10.8 Å². The highest BCUT2D eigenvalue weighted by Crippen LogP contribution is 2.28. The zero-order valence-corrected chi connectivity index (χ0v) is 7.78. The third-order valence-electron chi connectivity index (χ3n) is 2.40. The van der Waals surface area contributed by atoms with Crippen LogP contribution in [0, 0.1) is 18.3 Å². The van der Waals surface area contributed by atoms with Crippen molar-refractivity contribution in [3.8, 4) is 11.8 Å². The van der Waals surface area contributed by atoms with E-state index in [1.165, 1.54) is 0 Å². The standard InChI is InChI=1S/C12H9NO/c1-8-10-5-3-2-4-9(10)6-12(14)11(8)7-13/h2-6,14H,1H3. The summed E-state index contributed by atoms with van der Waals surface area (Å²) >= 11 is 0. The fourth-order valence-corrected chi connectivity index (χ4v) is 1.65. The van der Waals surface area contributed by atoms with Gasteiger partial charge in [0.05, 0.1) is 5.56 Å². The maximum Gasteiger partial charge on any atom is 0.134 e. The highest BCUT2D eigenvalue weighted by molar-refractivity contribution is 5.89. The van der Waals surface area contributed by atoms with E-state index in [0.29, 0.717) is 5.56 Å². The second-order valence-corrected chi connectivity index (χ2v) is 3.23. The molecule has 0 amide bonds. The first-order valence-corrected chi connectivity index (χ1v) is 4.35. The van der Waals surface area contributed by atoms with Crippen LogP contribution < -0.4 is 0 Å². The Kier molecular flexibility index (Phi) is 1.86. The Morgan fingerprint density at radius 1 is 1.29 bits per heavy atom. The highest BCUT2D eigenvalue weighted by Gasteiger charge is 2.07. The number of hydrogen-bond acceptors (Lipinski definition) is 2. The molecule has 0 aliphatic carbocycles. The maximum absolute atomic E-state index is 9.57. The van der Waals surface area contributed by atoms with Crippen LogP contribution >= 0.6 is 0 Å². The van der Waals surface area contributed by atoms with Crippen molar-refractivity contribution in [2.45, 2.75) is 6.92 Å². The third kappa shape index (κ3) is 1.11. The predicted octanol–water partition coefficient (Wildman–Crippen LogP) is 2.73. The minimum Gasteiger partial charge on any atom is -0.507 e. The van der Waals surface area contributed by atoms with E-state index in [9.17, 15) is 5.11 Å². The Morgan fingerprint density at radius 3 is 2.71 bits per heavy atom. The summed E-state index contributed by atoms with van der Waals surface area (Å²) in [4.78, 5) is 0. The molecule has 0 aliphatic heterocycles. The molecule has 1 N–H and O–H groups in total. The summed E-state index contributed by atoms with van der Waals surface area (Å²) in [5.74, 6) is 0.0590. The van der Waals surface area contributed by atoms with Crippen molar-refractivity contribution in [1.29, 1.82) is 5.26 Å². The molecule has 0 saturated heterocycles. The smallest absolute Gasteiger partial charge is 0.134 e. The van der Waals surface area contributed by atoms with E-state index in [2.05, 4.69) is 0 Å². The number of hydrogen-bond donors (Lipinski definition) is 1. The minimum absolute atomic E-state index is 0.0590. The maximum atomic E-state index is 9.57. The van der Waals surface area contributed by atoms with E-state index in [4.69, 9.17) is 5.26 Å². The van der Waals surface area contributed by atoms with Gasteiger partial charge in [-0.25, -0.2) is 0 Å². The second-order valence-electron chi connectivity index (χ2n) is 3.23. The van der Waals surface area contributed by atoms with E-state index in [-0.39, 0.29) is 5.75 Å². The monoisotopic (exact) mass is 183 g/mol. The summed E-state index contributed by atoms with van der Waals surface area (Å²) in [5, 5.41) is 20.4. The van der Waals surface area contributed by atoms with Crippen molar-refractivity contribution in [2.75, 3.05) is 0 Å². The molecule has 2 rings (SSSR count). The highest BCUT2D eigenvalue weighted by atomic mass is 16.3. The van der Waals surface area contributed by atoms with E-state index in [0.717, 1.165) is 16.3 Å². The number of nitriles is 1. The van der Waals surface area contributed by atoms with Gasteiger partial charge in [0.2, 0.25) is 0 Å². The van der Waals surface area contributed by atoms with Crippen LogP contribution in [0.3, 0.4) is 0 Å². The number of phenols is 1. The average molecular weight is 183 g/mol. The van der Waals surface area contributed by atoms with Crippen molar-refractivity contribution >= 4 is 10.8 Å². The van der Waals surface area contributed by atoms with Gasteiger partial charge >= 0.3 is 0 Å². The van der Waals surface area contributed by atoms with Crippen LogP contribution in [0.1, 0.15) is 11.1 Å². The number of aryl methyl sites for hydroxylation is 1. The molecular weight excluding hydrogens is 174 g/mol. The van der Waals surface area contributed by atoms with E-state index in [1.54, 1.807) is 6.07 Å². The largest absolute Gasteiger partial charge is 0.507 e. The second kappa shape index (κ2) is 3.04. The molecule has 0 saturated carbocycles. The van der Waals surface area contributed by atoms with Crippen LogP contribution in [-0.2, 0) is 0 Å². The summed E-state index contributed by atoms with van der Waals surface area (Å²) in [7, 11) is 0. The van der Waals surface area contributed by atoms with Gasteiger partial charge in [0.15, 0.2) is 0 Å². The topological polar surface area (TPSA) is 44.0 Å². The van der Waals surface area contributed by atoms with Crippen molar-refractivity contribution < 1.29 is 5.11 Å². The molecule has 2 heteroatoms. The van der Waals surface area contributed by atoms with E-state index in [1.807, 2.05) is 37.3 Å². The van der Waals surface area contributed by atoms with Crippen molar-refractivity contribution in [3.05, 3.63) is 41.5 Å². The number of aromatic hydroxyl groups is 1. The van der Waals surface area contributed by atoms with Gasteiger partial charge in [-0.1, -0.05) is 24.3 Å². The lowest BCUT2D eigenvalue weighted by Gasteiger charge is -2.05. The SMILES string of the molecule is Cc1c(C#N)c(O)cc2ccccc12. The zero-order chi connectivity index (χ0) is 10.1. The lowest BCUT2D eigenvalue weighted by atomic mass is 10.00. The van der Waals surface area contributed by atoms with Gasteiger partial charge < -0.3 is 5.11 Å². The molecule has 2 aromatic rings. The number of nitrogens with zero attached hydrogens (tertiary/aromatic N) is 1. The lowest BCUT2D eigenvalue weighted by Crippen LogP contribution is -1.85. The molecule has 0 atom stereocenters. The summed E-state index contributed by atoms with van der Waals surface area (Å²) in [6.07, 6.45) is 0. The molecule has 0 unspecified atom stereocenters. The van der Waals surface area contributed by atoms with Gasteiger partial charge in [0.25, 0.3) is 0 Å². The molecule has 68 valence electrons. The molecule has 0 aliphatic rings. The average Bonchev–Trinajstić information content (AvgIpc) is 2.18. The molecule has 0 bridgehead atoms. The summed E-state index contributed by atoms with van der Waals surface area (Å²) in [5.41, 5.74) is 1.20. The molecule has 0 spiro atoms. The summed E-state index contributed by atoms with van der Waals surface area (Å²) < 4.78 is 0. The molecule has 2 nitrogen and oxygen atoms in total. The number of rotatable bonds is 0. The Balaban J connectivity index is 2.95. The molecule has 0 heterocycles. The molecule has 0 aromatic heterocycles. The molecular formula is C12H9NO. The summed E-state index contributed by atoms with van der Waals surface area (Å²) in [6, 6.07) is 11.3. The first-order chi connectivity index (χ1) is 6.74. The Labute approximate surface area is 82.0 Å². The Hall–Kier alpha value is -2.01. The number of fused-ring (bicyclic) bond motifs is 1. The van der Waals surface area contributed by atoms with E-state index >= 15 is 0 Å². The normalized spacial score (nSPS) is 10.0. The van der Waals surface area contributed by atoms with Gasteiger partial charge in [0.1, 0.15) is 11.8 Å². The van der Waals surface area contributed by atoms with Crippen molar-refractivity contribution in [1.82, 2.24) is 0 Å². The molecule has 0 fully saturated rings. The number of phenolic OH excluding ortho intramolecular Hbond substituents is 1. The quantitative estimate of drug-likeness (QED) is 0.682. The van der Waals surface area contributed by atoms with Gasteiger partial charge in [-0.3, -0.25) is 0 Å². The Morgan fingerprint density at radius 2 is 2.00 bits per heavy atom. The van der Waals surface area contributed by atoms with Crippen LogP contribution in [0.5, 0.6) is 5.75 Å². The van der Waals surface area contributed by atoms with Crippen LogP contribution in [0.15, 0.2) is 30.3 Å². The molecule has 14 heavy (non-hydrogen) atoms. The zero-order valence-electron chi connectivity index (χ0n) is 7.78. The van der Waals surface area contributed by atoms with Crippen molar-refractivity contribution in [2.24, 2.45) is 0 Å². The fourth-order valence-electron chi connectivity index (χ4n) is 1.65. The molecule has 2 aromatic carbocycles. The molecule has 0 radical (unpaired) electrons. The lowest BCUT2D eigenvalue weighted by molar-refractivity contribution is 0.474. The van der Waals surface area contributed by atoms with Gasteiger partial charge in [-0.05, 0) is 29.3 Å². The van der Waals surface area contributed by atoms with Crippen LogP contribution in [0.2, 0.25) is 0 Å². The van der Waals surface area contributed by atoms with Gasteiger partial charge in [-0.2, -0.15) is 5.26 Å². The van der Waals surface area contributed by atoms with Gasteiger partial charge in [0, 0.05) is 0 Å². The fraction of sp³-hybridized carbons (Fsp3) is 0.0833. The first-order valence-electron chi connectivity index (χ1n) is 4.35. The summed E-state index contributed by atoms with van der Waals surface area (Å²) in [6.45, 7) is 1.85. The third-order valence-corrected chi connectivity index (χ3v) is 2.40. The minimum atomic E-state index is 0.0590.